The van der Waals surface area contributed by atoms with Crippen molar-refractivity contribution in [1.29, 1.82) is 0 Å². The minimum atomic E-state index is -3.14. The molecule has 0 spiro atoms. The largest absolute Gasteiger partial charge is 0.452 e. The van der Waals surface area contributed by atoms with Gasteiger partial charge in [-0.05, 0) is 39.3 Å². The molecule has 1 atom stereocenters. The van der Waals surface area contributed by atoms with Crippen LogP contribution in [0.15, 0.2) is 30.3 Å². The van der Waals surface area contributed by atoms with Crippen molar-refractivity contribution in [2.24, 2.45) is 0 Å². The van der Waals surface area contributed by atoms with Gasteiger partial charge in [0.25, 0.3) is 5.91 Å². The number of nitrogens with one attached hydrogen (secondary N) is 1. The van der Waals surface area contributed by atoms with Crippen molar-refractivity contribution in [2.45, 2.75) is 32.7 Å². The van der Waals surface area contributed by atoms with Crippen LogP contribution in [0.1, 0.15) is 35.1 Å². The van der Waals surface area contributed by atoms with Gasteiger partial charge >= 0.3 is 5.97 Å². The Bertz CT molecular complexity index is 1010. The quantitative estimate of drug-likeness (QED) is 0.752. The number of ether oxygens (including phenoxy) is 1. The van der Waals surface area contributed by atoms with Gasteiger partial charge < -0.3 is 10.1 Å². The van der Waals surface area contributed by atoms with Gasteiger partial charge in [-0.2, -0.15) is 5.10 Å². The Morgan fingerprint density at radius 2 is 1.93 bits per heavy atom. The molecule has 8 nitrogen and oxygen atoms in total. The molecule has 150 valence electrons. The fourth-order valence-electron chi connectivity index (χ4n) is 3.44. The summed E-state index contributed by atoms with van der Waals surface area (Å²) in [4.78, 5) is 24.6. The molecular weight excluding hydrogens is 382 g/mol. The van der Waals surface area contributed by atoms with Crippen molar-refractivity contribution in [1.82, 2.24) is 15.1 Å². The Balaban J connectivity index is 1.66. The minimum Gasteiger partial charge on any atom is -0.452 e. The third kappa shape index (κ3) is 4.24. The maximum Gasteiger partial charge on any atom is 0.342 e. The van der Waals surface area contributed by atoms with E-state index in [2.05, 4.69) is 10.4 Å². The topological polar surface area (TPSA) is 107 Å². The normalized spacial score (nSPS) is 20.7. The zero-order valence-corrected chi connectivity index (χ0v) is 16.9. The lowest BCUT2D eigenvalue weighted by molar-refractivity contribution is -0.125. The van der Waals surface area contributed by atoms with Crippen molar-refractivity contribution in [3.63, 3.8) is 0 Å². The van der Waals surface area contributed by atoms with E-state index in [4.69, 9.17) is 4.74 Å². The van der Waals surface area contributed by atoms with Crippen molar-refractivity contribution in [3.8, 4) is 5.69 Å². The SMILES string of the molecule is Cc1nn(-c2ccccc2)c(C)c1C(=O)OCC(=O)N[C@@]1(C)CCS(=O)(=O)C1. The van der Waals surface area contributed by atoms with Crippen LogP contribution in [0, 0.1) is 13.8 Å². The van der Waals surface area contributed by atoms with Crippen LogP contribution in [0.2, 0.25) is 0 Å². The van der Waals surface area contributed by atoms with Crippen LogP contribution in [0.25, 0.3) is 5.69 Å². The van der Waals surface area contributed by atoms with Gasteiger partial charge in [0.1, 0.15) is 5.56 Å². The van der Waals surface area contributed by atoms with E-state index < -0.39 is 33.9 Å². The number of benzene rings is 1. The molecule has 28 heavy (non-hydrogen) atoms. The molecule has 0 unspecified atom stereocenters. The minimum absolute atomic E-state index is 0.0423. The molecule has 1 aromatic carbocycles. The van der Waals surface area contributed by atoms with Gasteiger partial charge in [0.05, 0.1) is 34.1 Å². The third-order valence-corrected chi connectivity index (χ3v) is 6.68. The van der Waals surface area contributed by atoms with Gasteiger partial charge in [-0.15, -0.1) is 0 Å². The van der Waals surface area contributed by atoms with Crippen LogP contribution in [0.3, 0.4) is 0 Å². The summed E-state index contributed by atoms with van der Waals surface area (Å²) in [6.45, 7) is 4.65. The second-order valence-corrected chi connectivity index (χ2v) is 9.50. The number of hydrogen-bond acceptors (Lipinski definition) is 6. The summed E-state index contributed by atoms with van der Waals surface area (Å²) < 4.78 is 30.1. The average Bonchev–Trinajstić information content (AvgIpc) is 3.08. The lowest BCUT2D eigenvalue weighted by atomic mass is 10.0. The van der Waals surface area contributed by atoms with E-state index in [1.165, 1.54) is 0 Å². The standard InChI is InChI=1S/C19H23N3O5S/c1-13-17(14(2)22(21-13)15-7-5-4-6-8-15)18(24)27-11-16(23)20-19(3)9-10-28(25,26)12-19/h4-8H,9-12H2,1-3H3,(H,20,23)/t19-/m0/s1. The molecule has 1 N–H and O–H groups in total. The van der Waals surface area contributed by atoms with Crippen molar-refractivity contribution >= 4 is 21.7 Å². The molecule has 3 rings (SSSR count). The van der Waals surface area contributed by atoms with Crippen molar-refractivity contribution < 1.29 is 22.7 Å². The lowest BCUT2D eigenvalue weighted by Gasteiger charge is -2.23. The summed E-state index contributed by atoms with van der Waals surface area (Å²) in [6, 6.07) is 9.38. The van der Waals surface area contributed by atoms with E-state index in [1.54, 1.807) is 25.5 Å². The van der Waals surface area contributed by atoms with Gasteiger partial charge in [-0.3, -0.25) is 4.79 Å². The highest BCUT2D eigenvalue weighted by Gasteiger charge is 2.39. The first-order valence-corrected chi connectivity index (χ1v) is 10.7. The molecule has 0 radical (unpaired) electrons. The first-order chi connectivity index (χ1) is 13.1. The molecule has 0 saturated carbocycles. The highest BCUT2D eigenvalue weighted by atomic mass is 32.2. The zero-order chi connectivity index (χ0) is 20.5. The Morgan fingerprint density at radius 3 is 2.54 bits per heavy atom. The molecule has 2 aromatic rings. The smallest absolute Gasteiger partial charge is 0.342 e. The molecule has 1 aromatic heterocycles. The Hall–Kier alpha value is -2.68. The number of para-hydroxylation sites is 1. The molecule has 2 heterocycles. The molecule has 0 bridgehead atoms. The van der Waals surface area contributed by atoms with Crippen LogP contribution in [-0.4, -0.2) is 53.7 Å². The summed E-state index contributed by atoms with van der Waals surface area (Å²) in [5, 5.41) is 7.05. The Kier molecular flexibility index (Phi) is 5.29. The molecule has 0 aliphatic carbocycles. The van der Waals surface area contributed by atoms with E-state index in [0.29, 0.717) is 23.4 Å². The number of rotatable bonds is 5. The predicted molar refractivity (Wildman–Crippen MR) is 103 cm³/mol. The highest BCUT2D eigenvalue weighted by Crippen LogP contribution is 2.23. The maximum atomic E-state index is 12.5. The Morgan fingerprint density at radius 1 is 1.25 bits per heavy atom. The third-order valence-electron chi connectivity index (χ3n) is 4.78. The van der Waals surface area contributed by atoms with Crippen molar-refractivity contribution in [2.75, 3.05) is 18.1 Å². The average molecular weight is 405 g/mol. The summed E-state index contributed by atoms with van der Waals surface area (Å²) in [7, 11) is -3.14. The van der Waals surface area contributed by atoms with Crippen LogP contribution < -0.4 is 5.32 Å². The predicted octanol–water partition coefficient (Wildman–Crippen LogP) is 1.34. The number of aryl methyl sites for hydroxylation is 1. The summed E-state index contributed by atoms with van der Waals surface area (Å²) in [5.74, 6) is -1.24. The van der Waals surface area contributed by atoms with E-state index in [-0.39, 0.29) is 11.5 Å². The Labute approximate surface area is 163 Å². The molecule has 1 amide bonds. The summed E-state index contributed by atoms with van der Waals surface area (Å²) in [6.07, 6.45) is 0.344. The number of carbonyl (C=O) groups is 2. The number of amides is 1. The van der Waals surface area contributed by atoms with Crippen LogP contribution >= 0.6 is 0 Å². The first kappa shape index (κ1) is 20.1. The number of nitrogens with zero attached hydrogens (tertiary/aromatic N) is 2. The number of hydrogen-bond donors (Lipinski definition) is 1. The number of carbonyl (C=O) groups excluding carboxylic acids is 2. The second kappa shape index (κ2) is 7.38. The van der Waals surface area contributed by atoms with Gasteiger partial charge in [-0.25, -0.2) is 17.9 Å². The van der Waals surface area contributed by atoms with Gasteiger partial charge in [-0.1, -0.05) is 18.2 Å². The van der Waals surface area contributed by atoms with Crippen LogP contribution in [0.4, 0.5) is 0 Å². The number of esters is 1. The highest BCUT2D eigenvalue weighted by molar-refractivity contribution is 7.91. The molecule has 1 saturated heterocycles. The van der Waals surface area contributed by atoms with E-state index in [1.807, 2.05) is 30.3 Å². The molecule has 1 fully saturated rings. The van der Waals surface area contributed by atoms with E-state index in [9.17, 15) is 18.0 Å². The monoisotopic (exact) mass is 405 g/mol. The van der Waals surface area contributed by atoms with E-state index in [0.717, 1.165) is 5.69 Å². The van der Waals surface area contributed by atoms with Gasteiger partial charge in [0, 0.05) is 0 Å². The fourth-order valence-corrected chi connectivity index (χ4v) is 5.54. The molecular formula is C19H23N3O5S. The fraction of sp³-hybridized carbons (Fsp3) is 0.421. The molecule has 1 aliphatic rings. The lowest BCUT2D eigenvalue weighted by Crippen LogP contribution is -2.48. The maximum absolute atomic E-state index is 12.5. The number of sulfone groups is 1. The second-order valence-electron chi connectivity index (χ2n) is 7.32. The molecule has 1 aliphatic heterocycles. The molecule has 9 heteroatoms. The van der Waals surface area contributed by atoms with Crippen LogP contribution in [-0.2, 0) is 19.4 Å². The van der Waals surface area contributed by atoms with Crippen LogP contribution in [0.5, 0.6) is 0 Å². The zero-order valence-electron chi connectivity index (χ0n) is 16.1. The van der Waals surface area contributed by atoms with Gasteiger partial charge in [0.2, 0.25) is 0 Å². The van der Waals surface area contributed by atoms with E-state index >= 15 is 0 Å². The summed E-state index contributed by atoms with van der Waals surface area (Å²) in [5.41, 5.74) is 1.41. The first-order valence-electron chi connectivity index (χ1n) is 8.90. The van der Waals surface area contributed by atoms with Crippen molar-refractivity contribution in [3.05, 3.63) is 47.3 Å². The summed E-state index contributed by atoms with van der Waals surface area (Å²) >= 11 is 0. The number of aromatic nitrogens is 2. The van der Waals surface area contributed by atoms with Gasteiger partial charge in [0.15, 0.2) is 16.4 Å².